The molecule has 106 valence electrons. The van der Waals surface area contributed by atoms with Gasteiger partial charge in [-0.15, -0.1) is 0 Å². The topological polar surface area (TPSA) is 91.3 Å². The molecule has 0 aliphatic carbocycles. The third kappa shape index (κ3) is 3.45. The van der Waals surface area contributed by atoms with Crippen LogP contribution in [0.25, 0.3) is 10.2 Å². The van der Waals surface area contributed by atoms with E-state index in [-0.39, 0.29) is 6.54 Å². The summed E-state index contributed by atoms with van der Waals surface area (Å²) in [5, 5.41) is 14.5. The number of para-hydroxylation sites is 1. The van der Waals surface area contributed by atoms with Crippen molar-refractivity contribution in [2.75, 3.05) is 11.9 Å². The number of rotatable bonds is 5. The van der Waals surface area contributed by atoms with Crippen LogP contribution < -0.4 is 10.6 Å². The van der Waals surface area contributed by atoms with Gasteiger partial charge in [0.2, 0.25) is 0 Å². The molecule has 2 rings (SSSR count). The Morgan fingerprint density at radius 2 is 2.15 bits per heavy atom. The molecular weight excluding hydrogens is 278 g/mol. The number of nitrogens with zero attached hydrogens (tertiary/aromatic N) is 1. The Bertz CT molecular complexity index is 593. The molecule has 6 nitrogen and oxygen atoms in total. The van der Waals surface area contributed by atoms with Crippen molar-refractivity contribution in [2.45, 2.75) is 13.3 Å². The lowest BCUT2D eigenvalue weighted by molar-refractivity contribution is -0.141. The minimum absolute atomic E-state index is 0.0998. The van der Waals surface area contributed by atoms with Crippen LogP contribution in [0.3, 0.4) is 0 Å². The van der Waals surface area contributed by atoms with E-state index in [0.717, 1.165) is 10.2 Å². The highest BCUT2D eigenvalue weighted by atomic mass is 32.1. The normalized spacial score (nSPS) is 12.1. The summed E-state index contributed by atoms with van der Waals surface area (Å²) in [4.78, 5) is 26.8. The van der Waals surface area contributed by atoms with Gasteiger partial charge in [0, 0.05) is 6.54 Å². The Hall–Kier alpha value is -2.15. The van der Waals surface area contributed by atoms with Crippen LogP contribution in [0.2, 0.25) is 0 Å². The maximum atomic E-state index is 11.7. The molecule has 1 atom stereocenters. The first-order chi connectivity index (χ1) is 9.60. The summed E-state index contributed by atoms with van der Waals surface area (Å²) in [6.07, 6.45) is 0.469. The van der Waals surface area contributed by atoms with Gasteiger partial charge in [0.1, 0.15) is 0 Å². The highest BCUT2D eigenvalue weighted by molar-refractivity contribution is 7.22. The van der Waals surface area contributed by atoms with Gasteiger partial charge in [0.25, 0.3) is 0 Å². The van der Waals surface area contributed by atoms with Gasteiger partial charge in [-0.05, 0) is 18.6 Å². The molecule has 0 aliphatic rings. The number of urea groups is 1. The van der Waals surface area contributed by atoms with Crippen LogP contribution in [-0.4, -0.2) is 28.6 Å². The maximum Gasteiger partial charge on any atom is 0.321 e. The van der Waals surface area contributed by atoms with Gasteiger partial charge < -0.3 is 10.4 Å². The number of hydrogen-bond donors (Lipinski definition) is 3. The summed E-state index contributed by atoms with van der Waals surface area (Å²) >= 11 is 1.37. The summed E-state index contributed by atoms with van der Waals surface area (Å²) in [5.74, 6) is -1.48. The third-order valence-electron chi connectivity index (χ3n) is 2.87. The Kier molecular flexibility index (Phi) is 4.52. The molecule has 1 aromatic heterocycles. The lowest BCUT2D eigenvalue weighted by atomic mass is 10.1. The van der Waals surface area contributed by atoms with Crippen LogP contribution in [0, 0.1) is 5.92 Å². The third-order valence-corrected chi connectivity index (χ3v) is 3.82. The van der Waals surface area contributed by atoms with Gasteiger partial charge in [0.05, 0.1) is 16.1 Å². The number of thiazole rings is 1. The van der Waals surface area contributed by atoms with Crippen molar-refractivity contribution in [3.05, 3.63) is 24.3 Å². The summed E-state index contributed by atoms with van der Waals surface area (Å²) in [7, 11) is 0. The molecule has 0 saturated heterocycles. The number of carbonyl (C=O) groups excluding carboxylic acids is 1. The van der Waals surface area contributed by atoms with E-state index in [1.54, 1.807) is 6.92 Å². The maximum absolute atomic E-state index is 11.7. The Labute approximate surface area is 119 Å². The number of fused-ring (bicyclic) bond motifs is 1. The SMILES string of the molecule is CCC(CNC(=O)Nc1nc2ccccc2s1)C(=O)O. The number of carboxylic acid groups (broad SMARTS) is 1. The van der Waals surface area contributed by atoms with E-state index in [0.29, 0.717) is 11.6 Å². The second-order valence-electron chi connectivity index (χ2n) is 4.27. The van der Waals surface area contributed by atoms with Crippen molar-refractivity contribution >= 4 is 38.7 Å². The van der Waals surface area contributed by atoms with Crippen LogP contribution in [-0.2, 0) is 4.79 Å². The lowest BCUT2D eigenvalue weighted by Gasteiger charge is -2.10. The second kappa shape index (κ2) is 6.33. The molecule has 0 spiro atoms. The van der Waals surface area contributed by atoms with Gasteiger partial charge >= 0.3 is 12.0 Å². The molecular formula is C13H15N3O3S. The van der Waals surface area contributed by atoms with E-state index in [2.05, 4.69) is 15.6 Å². The molecule has 0 radical (unpaired) electrons. The predicted molar refractivity (Wildman–Crippen MR) is 78.1 cm³/mol. The quantitative estimate of drug-likeness (QED) is 0.790. The lowest BCUT2D eigenvalue weighted by Crippen LogP contribution is -2.35. The zero-order valence-electron chi connectivity index (χ0n) is 10.9. The average molecular weight is 293 g/mol. The number of hydrogen-bond acceptors (Lipinski definition) is 4. The second-order valence-corrected chi connectivity index (χ2v) is 5.30. The minimum Gasteiger partial charge on any atom is -0.481 e. The van der Waals surface area contributed by atoms with Crippen LogP contribution in [0.4, 0.5) is 9.93 Å². The first-order valence-corrected chi connectivity index (χ1v) is 7.05. The first kappa shape index (κ1) is 14.3. The molecule has 0 bridgehead atoms. The number of nitrogens with one attached hydrogen (secondary N) is 2. The molecule has 1 aromatic carbocycles. The number of aromatic nitrogens is 1. The molecule has 7 heteroatoms. The van der Waals surface area contributed by atoms with Crippen molar-refractivity contribution < 1.29 is 14.7 Å². The van der Waals surface area contributed by atoms with Gasteiger partial charge in [-0.1, -0.05) is 30.4 Å². The van der Waals surface area contributed by atoms with Crippen LogP contribution in [0.15, 0.2) is 24.3 Å². The molecule has 0 saturated carbocycles. The molecule has 1 heterocycles. The van der Waals surface area contributed by atoms with Crippen LogP contribution in [0.5, 0.6) is 0 Å². The summed E-state index contributed by atoms with van der Waals surface area (Å²) in [6, 6.07) is 7.14. The highest BCUT2D eigenvalue weighted by Crippen LogP contribution is 2.25. The zero-order chi connectivity index (χ0) is 14.5. The molecule has 1 unspecified atom stereocenters. The highest BCUT2D eigenvalue weighted by Gasteiger charge is 2.16. The summed E-state index contributed by atoms with van der Waals surface area (Å²) in [6.45, 7) is 1.87. The first-order valence-electron chi connectivity index (χ1n) is 6.23. The number of carboxylic acids is 1. The molecule has 0 fully saturated rings. The van der Waals surface area contributed by atoms with Crippen LogP contribution in [0.1, 0.15) is 13.3 Å². The fourth-order valence-corrected chi connectivity index (χ4v) is 2.55. The number of carbonyl (C=O) groups is 2. The van der Waals surface area contributed by atoms with Crippen LogP contribution >= 0.6 is 11.3 Å². The smallest absolute Gasteiger partial charge is 0.321 e. The molecule has 0 aliphatic heterocycles. The van der Waals surface area contributed by atoms with E-state index in [4.69, 9.17) is 5.11 Å². The molecule has 3 N–H and O–H groups in total. The van der Waals surface area contributed by atoms with E-state index in [1.807, 2.05) is 24.3 Å². The average Bonchev–Trinajstić information content (AvgIpc) is 2.80. The van der Waals surface area contributed by atoms with Crippen molar-refractivity contribution in [3.63, 3.8) is 0 Å². The molecule has 2 amide bonds. The Morgan fingerprint density at radius 1 is 1.40 bits per heavy atom. The van der Waals surface area contributed by atoms with E-state index in [9.17, 15) is 9.59 Å². The van der Waals surface area contributed by atoms with Crippen molar-refractivity contribution in [2.24, 2.45) is 5.92 Å². The summed E-state index contributed by atoms with van der Waals surface area (Å²) in [5.41, 5.74) is 0.824. The Balaban J connectivity index is 1.92. The fraction of sp³-hybridized carbons (Fsp3) is 0.308. The van der Waals surface area contributed by atoms with E-state index < -0.39 is 17.9 Å². The zero-order valence-corrected chi connectivity index (χ0v) is 11.7. The standard InChI is InChI=1S/C13H15N3O3S/c1-2-8(11(17)18)7-14-12(19)16-13-15-9-5-3-4-6-10(9)20-13/h3-6,8H,2,7H2,1H3,(H,17,18)(H2,14,15,16,19). The fourth-order valence-electron chi connectivity index (χ4n) is 1.69. The van der Waals surface area contributed by atoms with E-state index >= 15 is 0 Å². The minimum atomic E-state index is -0.909. The number of aliphatic carboxylic acids is 1. The monoisotopic (exact) mass is 293 g/mol. The van der Waals surface area contributed by atoms with Crippen molar-refractivity contribution in [1.82, 2.24) is 10.3 Å². The van der Waals surface area contributed by atoms with Gasteiger partial charge in [0.15, 0.2) is 5.13 Å². The van der Waals surface area contributed by atoms with Crippen molar-refractivity contribution in [3.8, 4) is 0 Å². The largest absolute Gasteiger partial charge is 0.481 e. The predicted octanol–water partition coefficient (Wildman–Crippen LogP) is 2.53. The number of amides is 2. The summed E-state index contributed by atoms with van der Waals surface area (Å²) < 4.78 is 0.986. The Morgan fingerprint density at radius 3 is 2.80 bits per heavy atom. The van der Waals surface area contributed by atoms with Gasteiger partial charge in [-0.2, -0.15) is 0 Å². The van der Waals surface area contributed by atoms with Crippen molar-refractivity contribution in [1.29, 1.82) is 0 Å². The van der Waals surface area contributed by atoms with Gasteiger partial charge in [-0.25, -0.2) is 9.78 Å². The van der Waals surface area contributed by atoms with Gasteiger partial charge in [-0.3, -0.25) is 10.1 Å². The number of benzene rings is 1. The van der Waals surface area contributed by atoms with E-state index in [1.165, 1.54) is 11.3 Å². The molecule has 2 aromatic rings. The molecule has 20 heavy (non-hydrogen) atoms. The number of anilines is 1.